The number of benzene rings is 1. The number of nitrogens with one attached hydrogen (secondary N) is 1. The second-order valence-electron chi connectivity index (χ2n) is 3.82. The van der Waals surface area contributed by atoms with Crippen LogP contribution in [0.1, 0.15) is 19.3 Å². The van der Waals surface area contributed by atoms with Crippen molar-refractivity contribution in [2.24, 2.45) is 0 Å². The molecule has 0 saturated carbocycles. The first-order valence-corrected chi connectivity index (χ1v) is 5.53. The average Bonchev–Trinajstić information content (AvgIpc) is 2.38. The summed E-state index contributed by atoms with van der Waals surface area (Å²) in [5.74, 6) is 0. The van der Waals surface area contributed by atoms with Gasteiger partial charge in [-0.25, -0.2) is 4.84 Å². The van der Waals surface area contributed by atoms with Crippen LogP contribution in [0.3, 0.4) is 0 Å². The van der Waals surface area contributed by atoms with E-state index in [1.165, 1.54) is 12.1 Å². The summed E-state index contributed by atoms with van der Waals surface area (Å²) in [6, 6.07) is 6.04. The number of nitro benzene ring substituents is 1. The van der Waals surface area contributed by atoms with Gasteiger partial charge in [0, 0.05) is 25.2 Å². The molecule has 0 spiro atoms. The summed E-state index contributed by atoms with van der Waals surface area (Å²) in [6.07, 6.45) is 2.78. The highest BCUT2D eigenvalue weighted by Gasteiger charge is 2.14. The number of anilines is 1. The van der Waals surface area contributed by atoms with Crippen LogP contribution in [0.4, 0.5) is 11.4 Å². The van der Waals surface area contributed by atoms with Gasteiger partial charge in [-0.2, -0.15) is 0 Å². The Kier molecular flexibility index (Phi) is 3.89. The van der Waals surface area contributed by atoms with Gasteiger partial charge < -0.3 is 4.74 Å². The zero-order chi connectivity index (χ0) is 12.1. The van der Waals surface area contributed by atoms with Gasteiger partial charge in [-0.05, 0) is 25.0 Å². The third kappa shape index (κ3) is 3.40. The van der Waals surface area contributed by atoms with Crippen molar-refractivity contribution < 1.29 is 14.5 Å². The average molecular weight is 238 g/mol. The smallest absolute Gasteiger partial charge is 0.269 e. The molecule has 0 amide bonds. The predicted octanol–water partition coefficient (Wildman–Crippen LogP) is 2.46. The lowest BCUT2D eigenvalue weighted by molar-refractivity contribution is -0.384. The van der Waals surface area contributed by atoms with E-state index in [1.807, 2.05) is 0 Å². The zero-order valence-electron chi connectivity index (χ0n) is 9.30. The standard InChI is InChI=1S/C11H14N2O4/c14-13(15)10-6-4-9(5-7-10)12-17-11-3-1-2-8-16-11/h4-7,11-12H,1-3,8H2. The molecule has 0 radical (unpaired) electrons. The lowest BCUT2D eigenvalue weighted by Crippen LogP contribution is -2.24. The van der Waals surface area contributed by atoms with Crippen LogP contribution in [0.25, 0.3) is 0 Å². The van der Waals surface area contributed by atoms with Crippen molar-refractivity contribution in [3.63, 3.8) is 0 Å². The summed E-state index contributed by atoms with van der Waals surface area (Å²) in [5.41, 5.74) is 3.46. The topological polar surface area (TPSA) is 73.6 Å². The summed E-state index contributed by atoms with van der Waals surface area (Å²) in [7, 11) is 0. The fraction of sp³-hybridized carbons (Fsp3) is 0.455. The molecular formula is C11H14N2O4. The normalized spacial score (nSPS) is 19.9. The van der Waals surface area contributed by atoms with Crippen LogP contribution < -0.4 is 5.48 Å². The zero-order valence-corrected chi connectivity index (χ0v) is 9.30. The van der Waals surface area contributed by atoms with E-state index in [0.29, 0.717) is 12.3 Å². The van der Waals surface area contributed by atoms with E-state index in [-0.39, 0.29) is 12.0 Å². The molecule has 1 heterocycles. The first-order chi connectivity index (χ1) is 8.25. The number of rotatable bonds is 4. The summed E-state index contributed by atoms with van der Waals surface area (Å²) in [6.45, 7) is 0.715. The maximum Gasteiger partial charge on any atom is 0.269 e. The molecule has 17 heavy (non-hydrogen) atoms. The second kappa shape index (κ2) is 5.60. The first-order valence-electron chi connectivity index (χ1n) is 5.53. The number of ether oxygens (including phenoxy) is 1. The van der Waals surface area contributed by atoms with Crippen molar-refractivity contribution >= 4 is 11.4 Å². The molecule has 1 saturated heterocycles. The minimum atomic E-state index is -0.436. The lowest BCUT2D eigenvalue weighted by Gasteiger charge is -2.22. The van der Waals surface area contributed by atoms with Gasteiger partial charge in [-0.3, -0.25) is 15.6 Å². The molecule has 2 rings (SSSR count). The molecule has 1 N–H and O–H groups in total. The Morgan fingerprint density at radius 1 is 1.35 bits per heavy atom. The van der Waals surface area contributed by atoms with E-state index in [4.69, 9.17) is 9.57 Å². The van der Waals surface area contributed by atoms with Crippen molar-refractivity contribution in [3.05, 3.63) is 34.4 Å². The molecule has 6 heteroatoms. The maximum atomic E-state index is 10.5. The number of nitro groups is 1. The van der Waals surface area contributed by atoms with Crippen molar-refractivity contribution in [2.45, 2.75) is 25.6 Å². The Labute approximate surface area is 98.6 Å². The summed E-state index contributed by atoms with van der Waals surface area (Å²) in [5, 5.41) is 10.5. The molecule has 1 aliphatic rings. The molecule has 1 aliphatic heterocycles. The van der Waals surface area contributed by atoms with Crippen molar-refractivity contribution in [1.82, 2.24) is 0 Å². The molecule has 1 aromatic rings. The van der Waals surface area contributed by atoms with Crippen molar-refractivity contribution in [3.8, 4) is 0 Å². The summed E-state index contributed by atoms with van der Waals surface area (Å²) in [4.78, 5) is 15.3. The van der Waals surface area contributed by atoms with E-state index in [0.717, 1.165) is 19.3 Å². The van der Waals surface area contributed by atoms with Crippen molar-refractivity contribution in [1.29, 1.82) is 0 Å². The van der Waals surface area contributed by atoms with Crippen LogP contribution in [0.5, 0.6) is 0 Å². The molecule has 92 valence electrons. The van der Waals surface area contributed by atoms with Gasteiger partial charge >= 0.3 is 0 Å². The van der Waals surface area contributed by atoms with Gasteiger partial charge in [0.1, 0.15) is 0 Å². The third-order valence-electron chi connectivity index (χ3n) is 2.52. The highest BCUT2D eigenvalue weighted by molar-refractivity contribution is 5.46. The van der Waals surface area contributed by atoms with Crippen LogP contribution >= 0.6 is 0 Å². The Hall–Kier alpha value is -1.66. The third-order valence-corrected chi connectivity index (χ3v) is 2.52. The largest absolute Gasteiger partial charge is 0.350 e. The highest BCUT2D eigenvalue weighted by Crippen LogP contribution is 2.18. The van der Waals surface area contributed by atoms with E-state index in [2.05, 4.69) is 5.48 Å². The van der Waals surface area contributed by atoms with E-state index >= 15 is 0 Å². The van der Waals surface area contributed by atoms with E-state index < -0.39 is 4.92 Å². The lowest BCUT2D eigenvalue weighted by atomic mass is 10.2. The fourth-order valence-electron chi connectivity index (χ4n) is 1.59. The number of hydrogen-bond acceptors (Lipinski definition) is 5. The van der Waals surface area contributed by atoms with Crippen LogP contribution in [-0.2, 0) is 9.57 Å². The molecule has 0 bridgehead atoms. The number of hydrogen-bond donors (Lipinski definition) is 1. The van der Waals surface area contributed by atoms with Gasteiger partial charge in [0.05, 0.1) is 10.6 Å². The predicted molar refractivity (Wildman–Crippen MR) is 61.4 cm³/mol. The van der Waals surface area contributed by atoms with Crippen LogP contribution in [0.15, 0.2) is 24.3 Å². The Balaban J connectivity index is 1.84. The number of nitrogens with zero attached hydrogens (tertiary/aromatic N) is 1. The molecule has 1 unspecified atom stereocenters. The molecule has 0 aromatic heterocycles. The molecule has 1 atom stereocenters. The minimum absolute atomic E-state index is 0.0597. The Morgan fingerprint density at radius 2 is 2.12 bits per heavy atom. The Bertz CT molecular complexity index is 374. The maximum absolute atomic E-state index is 10.5. The Morgan fingerprint density at radius 3 is 2.71 bits per heavy atom. The SMILES string of the molecule is O=[N+]([O-])c1ccc(NOC2CCCCO2)cc1. The van der Waals surface area contributed by atoms with Crippen LogP contribution in [0.2, 0.25) is 0 Å². The monoisotopic (exact) mass is 238 g/mol. The fourth-order valence-corrected chi connectivity index (χ4v) is 1.59. The van der Waals surface area contributed by atoms with Gasteiger partial charge in [0.15, 0.2) is 6.29 Å². The summed E-state index contributed by atoms with van der Waals surface area (Å²) >= 11 is 0. The minimum Gasteiger partial charge on any atom is -0.350 e. The molecule has 6 nitrogen and oxygen atoms in total. The van der Waals surface area contributed by atoms with Crippen LogP contribution in [0, 0.1) is 10.1 Å². The molecule has 1 fully saturated rings. The van der Waals surface area contributed by atoms with Gasteiger partial charge in [-0.1, -0.05) is 0 Å². The second-order valence-corrected chi connectivity index (χ2v) is 3.82. The first kappa shape index (κ1) is 11.8. The quantitative estimate of drug-likeness (QED) is 0.644. The number of non-ortho nitro benzene ring substituents is 1. The van der Waals surface area contributed by atoms with Gasteiger partial charge in [-0.15, -0.1) is 0 Å². The van der Waals surface area contributed by atoms with Gasteiger partial charge in [0.25, 0.3) is 5.69 Å². The highest BCUT2D eigenvalue weighted by atomic mass is 16.8. The van der Waals surface area contributed by atoms with E-state index in [9.17, 15) is 10.1 Å². The molecule has 1 aromatic carbocycles. The van der Waals surface area contributed by atoms with Gasteiger partial charge in [0.2, 0.25) is 0 Å². The van der Waals surface area contributed by atoms with E-state index in [1.54, 1.807) is 12.1 Å². The summed E-state index contributed by atoms with van der Waals surface area (Å²) < 4.78 is 5.37. The molecule has 0 aliphatic carbocycles. The molecular weight excluding hydrogens is 224 g/mol. The van der Waals surface area contributed by atoms with Crippen molar-refractivity contribution in [2.75, 3.05) is 12.1 Å². The van der Waals surface area contributed by atoms with Crippen LogP contribution in [-0.4, -0.2) is 17.8 Å².